The molecule has 0 saturated heterocycles. The van der Waals surface area contributed by atoms with E-state index in [4.69, 9.17) is 4.74 Å². The lowest BCUT2D eigenvalue weighted by atomic mass is 10.1. The third kappa shape index (κ3) is 6.60. The molecule has 1 aromatic heterocycles. The first kappa shape index (κ1) is 20.3. The zero-order chi connectivity index (χ0) is 20.5. The summed E-state index contributed by atoms with van der Waals surface area (Å²) in [7, 11) is 0. The van der Waals surface area contributed by atoms with E-state index in [1.807, 2.05) is 29.1 Å². The predicted molar refractivity (Wildman–Crippen MR) is 111 cm³/mol. The fourth-order valence-electron chi connectivity index (χ4n) is 2.85. The van der Waals surface area contributed by atoms with Crippen molar-refractivity contribution in [2.24, 2.45) is 0 Å². The molecule has 0 aliphatic rings. The maximum absolute atomic E-state index is 12.0. The lowest BCUT2D eigenvalue weighted by Gasteiger charge is -2.07. The molecule has 1 heterocycles. The number of nitrogens with one attached hydrogen (secondary N) is 1. The maximum atomic E-state index is 12.0. The van der Waals surface area contributed by atoms with E-state index in [-0.39, 0.29) is 11.7 Å². The largest absolute Gasteiger partial charge is 0.494 e. The number of rotatable bonds is 10. The average molecular weight is 391 g/mol. The number of ketones is 1. The van der Waals surface area contributed by atoms with E-state index in [2.05, 4.69) is 22.5 Å². The van der Waals surface area contributed by atoms with E-state index in [0.29, 0.717) is 43.9 Å². The van der Waals surface area contributed by atoms with E-state index in [1.54, 1.807) is 30.5 Å². The molecule has 0 radical (unpaired) electrons. The van der Waals surface area contributed by atoms with Gasteiger partial charge in [-0.3, -0.25) is 14.3 Å². The minimum absolute atomic E-state index is 0.0173. The van der Waals surface area contributed by atoms with Crippen molar-refractivity contribution in [1.29, 1.82) is 0 Å². The first-order valence-electron chi connectivity index (χ1n) is 9.66. The van der Waals surface area contributed by atoms with E-state index in [9.17, 15) is 9.59 Å². The second kappa shape index (κ2) is 10.2. The quantitative estimate of drug-likeness (QED) is 0.423. The van der Waals surface area contributed by atoms with Crippen molar-refractivity contribution < 1.29 is 14.3 Å². The Kier molecular flexibility index (Phi) is 7.16. The second-order valence-electron chi connectivity index (χ2n) is 6.84. The molecule has 1 amide bonds. The van der Waals surface area contributed by atoms with Crippen molar-refractivity contribution in [3.63, 3.8) is 0 Å². The number of benzene rings is 2. The van der Waals surface area contributed by atoms with Crippen LogP contribution in [-0.2, 0) is 17.9 Å². The number of amides is 1. The van der Waals surface area contributed by atoms with Gasteiger partial charge >= 0.3 is 0 Å². The maximum Gasteiger partial charge on any atom is 0.220 e. The molecule has 2 aromatic carbocycles. The molecule has 3 rings (SSSR count). The van der Waals surface area contributed by atoms with Gasteiger partial charge in [-0.05, 0) is 43.2 Å². The first-order chi connectivity index (χ1) is 14.1. The molecule has 0 unspecified atom stereocenters. The van der Waals surface area contributed by atoms with Crippen molar-refractivity contribution in [3.8, 4) is 5.75 Å². The monoisotopic (exact) mass is 391 g/mol. The predicted octanol–water partition coefficient (Wildman–Crippen LogP) is 3.61. The molecule has 0 aliphatic heterocycles. The van der Waals surface area contributed by atoms with Crippen LogP contribution >= 0.6 is 0 Å². The van der Waals surface area contributed by atoms with Crippen molar-refractivity contribution in [2.45, 2.75) is 32.9 Å². The minimum Gasteiger partial charge on any atom is -0.494 e. The minimum atomic E-state index is -0.0173. The summed E-state index contributed by atoms with van der Waals surface area (Å²) in [5, 5.41) is 7.25. The Labute approximate surface area is 170 Å². The number of ether oxygens (including phenoxy) is 1. The number of nitrogens with zero attached hydrogens (tertiary/aromatic N) is 2. The molecule has 0 saturated carbocycles. The normalized spacial score (nSPS) is 10.5. The zero-order valence-corrected chi connectivity index (χ0v) is 16.5. The van der Waals surface area contributed by atoms with E-state index in [0.717, 1.165) is 5.56 Å². The van der Waals surface area contributed by atoms with Crippen LogP contribution in [-0.4, -0.2) is 28.1 Å². The fraction of sp³-hybridized carbons (Fsp3) is 0.261. The molecule has 29 heavy (non-hydrogen) atoms. The van der Waals surface area contributed by atoms with Gasteiger partial charge in [-0.15, -0.1) is 0 Å². The van der Waals surface area contributed by atoms with Crippen LogP contribution in [0, 0.1) is 0 Å². The Bertz CT molecular complexity index is 934. The van der Waals surface area contributed by atoms with Crippen molar-refractivity contribution in [3.05, 3.63) is 83.7 Å². The van der Waals surface area contributed by atoms with Gasteiger partial charge in [-0.2, -0.15) is 5.10 Å². The molecule has 3 aromatic rings. The number of hydrogen-bond donors (Lipinski definition) is 1. The fourth-order valence-corrected chi connectivity index (χ4v) is 2.85. The Morgan fingerprint density at radius 1 is 1.03 bits per heavy atom. The molecule has 0 aliphatic carbocycles. The molecule has 6 heteroatoms. The summed E-state index contributed by atoms with van der Waals surface area (Å²) < 4.78 is 7.47. The van der Waals surface area contributed by atoms with Gasteiger partial charge in [0.2, 0.25) is 5.91 Å². The second-order valence-corrected chi connectivity index (χ2v) is 6.84. The molecule has 0 bridgehead atoms. The summed E-state index contributed by atoms with van der Waals surface area (Å²) in [6.45, 7) is 3.14. The van der Waals surface area contributed by atoms with Gasteiger partial charge in [0.1, 0.15) is 5.75 Å². The van der Waals surface area contributed by atoms with Crippen LogP contribution in [0.3, 0.4) is 0 Å². The molecular formula is C23H25N3O3. The van der Waals surface area contributed by atoms with Gasteiger partial charge in [-0.25, -0.2) is 0 Å². The molecular weight excluding hydrogens is 366 g/mol. The van der Waals surface area contributed by atoms with E-state index in [1.165, 1.54) is 12.5 Å². The number of carbonyl (C=O) groups is 2. The van der Waals surface area contributed by atoms with Crippen LogP contribution in [0.5, 0.6) is 5.75 Å². The van der Waals surface area contributed by atoms with Crippen LogP contribution < -0.4 is 10.1 Å². The highest BCUT2D eigenvalue weighted by Crippen LogP contribution is 2.13. The van der Waals surface area contributed by atoms with Crippen molar-refractivity contribution in [1.82, 2.24) is 15.1 Å². The lowest BCUT2D eigenvalue weighted by Crippen LogP contribution is -2.22. The zero-order valence-electron chi connectivity index (χ0n) is 16.5. The van der Waals surface area contributed by atoms with Gasteiger partial charge < -0.3 is 10.1 Å². The molecule has 1 N–H and O–H groups in total. The summed E-state index contributed by atoms with van der Waals surface area (Å²) in [4.78, 5) is 23.3. The summed E-state index contributed by atoms with van der Waals surface area (Å²) >= 11 is 0. The van der Waals surface area contributed by atoms with Gasteiger partial charge in [0.25, 0.3) is 0 Å². The number of hydrogen-bond acceptors (Lipinski definition) is 4. The number of carbonyl (C=O) groups excluding carboxylic acids is 2. The number of Topliss-reactive ketones (excluding diaryl/α,β-unsaturated/α-hetero) is 1. The standard InChI is InChI=1S/C23H25N3O3/c1-18(27)21-9-11-22(12-10-21)29-13-5-8-23(28)24-14-20-15-25-26(17-20)16-19-6-3-2-4-7-19/h2-4,6-7,9-12,15,17H,5,8,13-14,16H2,1H3,(H,24,28). The smallest absolute Gasteiger partial charge is 0.220 e. The highest BCUT2D eigenvalue weighted by atomic mass is 16.5. The van der Waals surface area contributed by atoms with Crippen LogP contribution in [0.1, 0.15) is 41.3 Å². The third-order valence-electron chi connectivity index (χ3n) is 4.44. The van der Waals surface area contributed by atoms with Gasteiger partial charge in [0, 0.05) is 30.3 Å². The average Bonchev–Trinajstić information content (AvgIpc) is 3.18. The van der Waals surface area contributed by atoms with Crippen LogP contribution in [0.15, 0.2) is 67.0 Å². The Balaban J connectivity index is 1.33. The van der Waals surface area contributed by atoms with E-state index >= 15 is 0 Å². The highest BCUT2D eigenvalue weighted by Gasteiger charge is 2.05. The summed E-state index contributed by atoms with van der Waals surface area (Å²) in [6, 6.07) is 17.1. The van der Waals surface area contributed by atoms with Gasteiger partial charge in [0.15, 0.2) is 5.78 Å². The Morgan fingerprint density at radius 2 is 1.79 bits per heavy atom. The first-order valence-corrected chi connectivity index (χ1v) is 9.66. The Hall–Kier alpha value is -3.41. The highest BCUT2D eigenvalue weighted by molar-refractivity contribution is 5.94. The van der Waals surface area contributed by atoms with Crippen LogP contribution in [0.2, 0.25) is 0 Å². The van der Waals surface area contributed by atoms with Crippen molar-refractivity contribution >= 4 is 11.7 Å². The van der Waals surface area contributed by atoms with E-state index < -0.39 is 0 Å². The molecule has 0 fully saturated rings. The summed E-state index contributed by atoms with van der Waals surface area (Å²) in [5.41, 5.74) is 2.81. The van der Waals surface area contributed by atoms with Crippen LogP contribution in [0.4, 0.5) is 0 Å². The Morgan fingerprint density at radius 3 is 2.52 bits per heavy atom. The molecule has 0 spiro atoms. The summed E-state index contributed by atoms with van der Waals surface area (Å²) in [5.74, 6) is 0.705. The van der Waals surface area contributed by atoms with Crippen molar-refractivity contribution in [2.75, 3.05) is 6.61 Å². The molecule has 150 valence electrons. The summed E-state index contributed by atoms with van der Waals surface area (Å²) in [6.07, 6.45) is 4.73. The topological polar surface area (TPSA) is 73.2 Å². The third-order valence-corrected chi connectivity index (χ3v) is 4.44. The van der Waals surface area contributed by atoms with Gasteiger partial charge in [0.05, 0.1) is 19.3 Å². The van der Waals surface area contributed by atoms with Crippen LogP contribution in [0.25, 0.3) is 0 Å². The SMILES string of the molecule is CC(=O)c1ccc(OCCCC(=O)NCc2cnn(Cc3ccccc3)c2)cc1. The van der Waals surface area contributed by atoms with Gasteiger partial charge in [-0.1, -0.05) is 30.3 Å². The number of aromatic nitrogens is 2. The molecule has 0 atom stereocenters. The lowest BCUT2D eigenvalue weighted by molar-refractivity contribution is -0.121. The molecule has 6 nitrogen and oxygen atoms in total.